The van der Waals surface area contributed by atoms with Crippen LogP contribution < -0.4 is 5.32 Å². The monoisotopic (exact) mass is 502 g/mol. The van der Waals surface area contributed by atoms with Gasteiger partial charge in [-0.2, -0.15) is 13.2 Å². The van der Waals surface area contributed by atoms with Gasteiger partial charge in [-0.05, 0) is 76.4 Å². The molecule has 1 saturated heterocycles. The largest absolute Gasteiger partial charge is 0.444 e. The minimum Gasteiger partial charge on any atom is -0.444 e. The molecule has 36 heavy (non-hydrogen) atoms. The molecule has 3 aromatic rings. The summed E-state index contributed by atoms with van der Waals surface area (Å²) in [4.78, 5) is 31.9. The number of likely N-dealkylation sites (tertiary alicyclic amines) is 1. The number of rotatable bonds is 3. The summed E-state index contributed by atoms with van der Waals surface area (Å²) in [5.41, 5.74) is 0.715. The van der Waals surface area contributed by atoms with Crippen molar-refractivity contribution in [2.24, 2.45) is 0 Å². The second kappa shape index (κ2) is 9.48. The number of nitrogens with zero attached hydrogens (tertiary/aromatic N) is 3. The number of imidazole rings is 1. The Labute approximate surface area is 207 Å². The first-order chi connectivity index (χ1) is 16.8. The van der Waals surface area contributed by atoms with Gasteiger partial charge in [0.05, 0.1) is 22.6 Å². The molecule has 1 aromatic heterocycles. The van der Waals surface area contributed by atoms with E-state index in [-0.39, 0.29) is 17.6 Å². The third-order valence-electron chi connectivity index (χ3n) is 5.94. The maximum absolute atomic E-state index is 13.2. The second-order valence-corrected chi connectivity index (χ2v) is 10.1. The first-order valence-electron chi connectivity index (χ1n) is 11.8. The van der Waals surface area contributed by atoms with Gasteiger partial charge in [-0.15, -0.1) is 0 Å². The Morgan fingerprint density at radius 2 is 1.86 bits per heavy atom. The molecule has 4 rings (SSSR count). The fraction of sp³-hybridized carbons (Fsp3) is 0.423. The summed E-state index contributed by atoms with van der Waals surface area (Å²) in [6, 6.07) is 9.74. The molecule has 2 aromatic carbocycles. The molecule has 0 spiro atoms. The zero-order chi connectivity index (χ0) is 26.3. The SMILES string of the molecule is Cc1ccc2c(c1)nc(NC(=O)c1cccc(C(F)(F)F)c1)n2C1CCCN(C(=O)OC(C)(C)C)C1. The van der Waals surface area contributed by atoms with Crippen LogP contribution in [0.25, 0.3) is 11.0 Å². The average Bonchev–Trinajstić information content (AvgIpc) is 3.14. The van der Waals surface area contributed by atoms with Crippen molar-refractivity contribution in [2.75, 3.05) is 18.4 Å². The van der Waals surface area contributed by atoms with E-state index in [4.69, 9.17) is 4.74 Å². The Morgan fingerprint density at radius 3 is 2.56 bits per heavy atom. The summed E-state index contributed by atoms with van der Waals surface area (Å²) in [5, 5.41) is 2.70. The van der Waals surface area contributed by atoms with E-state index in [0.29, 0.717) is 18.6 Å². The Balaban J connectivity index is 1.67. The molecule has 1 fully saturated rings. The number of hydrogen-bond donors (Lipinski definition) is 1. The molecule has 1 N–H and O–H groups in total. The van der Waals surface area contributed by atoms with E-state index < -0.39 is 29.3 Å². The van der Waals surface area contributed by atoms with Crippen LogP contribution in [0.2, 0.25) is 0 Å². The van der Waals surface area contributed by atoms with Crippen LogP contribution in [0.3, 0.4) is 0 Å². The predicted octanol–water partition coefficient (Wildman–Crippen LogP) is 6.19. The lowest BCUT2D eigenvalue weighted by atomic mass is 10.1. The van der Waals surface area contributed by atoms with Crippen molar-refractivity contribution in [3.05, 3.63) is 59.2 Å². The molecule has 2 amide bonds. The lowest BCUT2D eigenvalue weighted by Gasteiger charge is -2.35. The van der Waals surface area contributed by atoms with Crippen molar-refractivity contribution < 1.29 is 27.5 Å². The number of halogens is 3. The van der Waals surface area contributed by atoms with E-state index in [2.05, 4.69) is 10.3 Å². The molecule has 1 atom stereocenters. The molecule has 0 saturated carbocycles. The highest BCUT2D eigenvalue weighted by molar-refractivity contribution is 6.04. The number of anilines is 1. The minimum atomic E-state index is -4.56. The number of carbonyl (C=O) groups excluding carboxylic acids is 2. The van der Waals surface area contributed by atoms with E-state index >= 15 is 0 Å². The third-order valence-corrected chi connectivity index (χ3v) is 5.94. The average molecular weight is 503 g/mol. The maximum Gasteiger partial charge on any atom is 0.416 e. The minimum absolute atomic E-state index is 0.126. The standard InChI is InChI=1S/C26H29F3N4O3/c1-16-10-11-21-20(13-16)30-23(31-22(34)17-7-5-8-18(14-17)26(27,28)29)33(21)19-9-6-12-32(15-19)24(35)36-25(2,3)4/h5,7-8,10-11,13-14,19H,6,9,12,15H2,1-4H3,(H,30,31,34). The number of aryl methyl sites for hydroxylation is 1. The molecule has 0 aliphatic carbocycles. The molecule has 192 valence electrons. The smallest absolute Gasteiger partial charge is 0.416 e. The van der Waals surface area contributed by atoms with Crippen molar-refractivity contribution in [3.8, 4) is 0 Å². The number of fused-ring (bicyclic) bond motifs is 1. The molecular weight excluding hydrogens is 473 g/mol. The van der Waals surface area contributed by atoms with Crippen molar-refractivity contribution >= 4 is 29.0 Å². The zero-order valence-electron chi connectivity index (χ0n) is 20.6. The number of piperidine rings is 1. The van der Waals surface area contributed by atoms with Crippen LogP contribution in [0.4, 0.5) is 23.9 Å². The van der Waals surface area contributed by atoms with Crippen molar-refractivity contribution in [3.63, 3.8) is 0 Å². The van der Waals surface area contributed by atoms with E-state index in [1.54, 1.807) is 25.7 Å². The van der Waals surface area contributed by atoms with Crippen LogP contribution in [0.15, 0.2) is 42.5 Å². The highest BCUT2D eigenvalue weighted by Gasteiger charge is 2.32. The highest BCUT2D eigenvalue weighted by atomic mass is 19.4. The first kappa shape index (κ1) is 25.5. The highest BCUT2D eigenvalue weighted by Crippen LogP contribution is 2.33. The van der Waals surface area contributed by atoms with Crippen molar-refractivity contribution in [2.45, 2.75) is 58.4 Å². The number of nitrogens with one attached hydrogen (secondary N) is 1. The summed E-state index contributed by atoms with van der Waals surface area (Å²) in [6.07, 6.45) is -3.53. The van der Waals surface area contributed by atoms with Crippen LogP contribution >= 0.6 is 0 Å². The number of amides is 2. The Morgan fingerprint density at radius 1 is 1.11 bits per heavy atom. The van der Waals surface area contributed by atoms with Gasteiger partial charge in [0.2, 0.25) is 5.95 Å². The molecule has 1 unspecified atom stereocenters. The van der Waals surface area contributed by atoms with Gasteiger partial charge in [-0.25, -0.2) is 9.78 Å². The number of ether oxygens (including phenoxy) is 1. The van der Waals surface area contributed by atoms with Crippen LogP contribution in [-0.4, -0.2) is 45.1 Å². The lowest BCUT2D eigenvalue weighted by molar-refractivity contribution is -0.137. The first-order valence-corrected chi connectivity index (χ1v) is 11.8. The molecule has 10 heteroatoms. The van der Waals surface area contributed by atoms with Crippen molar-refractivity contribution in [1.82, 2.24) is 14.5 Å². The van der Waals surface area contributed by atoms with Gasteiger partial charge in [-0.3, -0.25) is 10.1 Å². The van der Waals surface area contributed by atoms with Gasteiger partial charge in [0, 0.05) is 18.7 Å². The van der Waals surface area contributed by atoms with E-state index in [9.17, 15) is 22.8 Å². The quantitative estimate of drug-likeness (QED) is 0.464. The van der Waals surface area contributed by atoms with Crippen LogP contribution in [-0.2, 0) is 10.9 Å². The van der Waals surface area contributed by atoms with E-state index in [1.165, 1.54) is 12.1 Å². The number of aromatic nitrogens is 2. The van der Waals surface area contributed by atoms with Crippen LogP contribution in [0, 0.1) is 6.92 Å². The number of alkyl halides is 3. The molecule has 7 nitrogen and oxygen atoms in total. The third kappa shape index (κ3) is 5.63. The zero-order valence-corrected chi connectivity index (χ0v) is 20.6. The van der Waals surface area contributed by atoms with E-state index in [0.717, 1.165) is 36.1 Å². The Bertz CT molecular complexity index is 1290. The van der Waals surface area contributed by atoms with Gasteiger partial charge < -0.3 is 14.2 Å². The van der Waals surface area contributed by atoms with Gasteiger partial charge in [0.15, 0.2) is 0 Å². The van der Waals surface area contributed by atoms with Crippen LogP contribution in [0.5, 0.6) is 0 Å². The summed E-state index contributed by atoms with van der Waals surface area (Å²) < 4.78 is 46.9. The summed E-state index contributed by atoms with van der Waals surface area (Å²) in [5.74, 6) is -0.483. The Kier molecular flexibility index (Phi) is 6.72. The summed E-state index contributed by atoms with van der Waals surface area (Å²) in [6.45, 7) is 8.23. The predicted molar refractivity (Wildman–Crippen MR) is 130 cm³/mol. The number of carbonyl (C=O) groups is 2. The van der Waals surface area contributed by atoms with Gasteiger partial charge in [0.1, 0.15) is 5.60 Å². The molecule has 1 aliphatic rings. The van der Waals surface area contributed by atoms with Gasteiger partial charge in [-0.1, -0.05) is 12.1 Å². The molecule has 1 aliphatic heterocycles. The van der Waals surface area contributed by atoms with Gasteiger partial charge >= 0.3 is 12.3 Å². The topological polar surface area (TPSA) is 76.5 Å². The molecular formula is C26H29F3N4O3. The number of hydrogen-bond acceptors (Lipinski definition) is 4. The molecule has 2 heterocycles. The lowest BCUT2D eigenvalue weighted by Crippen LogP contribution is -2.43. The molecule has 0 radical (unpaired) electrons. The maximum atomic E-state index is 13.2. The Hall–Kier alpha value is -3.56. The van der Waals surface area contributed by atoms with Crippen molar-refractivity contribution in [1.29, 1.82) is 0 Å². The van der Waals surface area contributed by atoms with Crippen LogP contribution in [0.1, 0.15) is 61.1 Å². The summed E-state index contributed by atoms with van der Waals surface area (Å²) in [7, 11) is 0. The molecule has 0 bridgehead atoms. The van der Waals surface area contributed by atoms with E-state index in [1.807, 2.05) is 29.7 Å². The fourth-order valence-electron chi connectivity index (χ4n) is 4.33. The second-order valence-electron chi connectivity index (χ2n) is 10.1. The summed E-state index contributed by atoms with van der Waals surface area (Å²) >= 11 is 0. The number of benzene rings is 2. The van der Waals surface area contributed by atoms with Gasteiger partial charge in [0.25, 0.3) is 5.91 Å². The fourth-order valence-corrected chi connectivity index (χ4v) is 4.33. The normalized spacial score (nSPS) is 16.8.